The molecule has 2 heteroatoms. The Labute approximate surface area is 94.4 Å². The quantitative estimate of drug-likeness (QED) is 0.768. The third-order valence-corrected chi connectivity index (χ3v) is 3.95. The van der Waals surface area contributed by atoms with Crippen molar-refractivity contribution in [1.29, 1.82) is 0 Å². The second-order valence-electron chi connectivity index (χ2n) is 5.48. The fraction of sp³-hybridized carbons (Fsp3) is 1.00. The lowest BCUT2D eigenvalue weighted by atomic mass is 9.98. The van der Waals surface area contributed by atoms with Gasteiger partial charge >= 0.3 is 0 Å². The number of rotatable bonds is 3. The molecule has 0 aromatic heterocycles. The van der Waals surface area contributed by atoms with E-state index >= 15 is 0 Å². The standard InChI is InChI=1S/C13H26N2/c1-12-5-4-9-15(11-12)10-7-13-6-2-3-8-14-13/h12-14H,2-11H2,1H3/t12-,13+/m1/s1. The second-order valence-corrected chi connectivity index (χ2v) is 5.48. The van der Waals surface area contributed by atoms with E-state index in [2.05, 4.69) is 17.1 Å². The summed E-state index contributed by atoms with van der Waals surface area (Å²) in [6.07, 6.45) is 8.46. The van der Waals surface area contributed by atoms with Crippen LogP contribution in [0.5, 0.6) is 0 Å². The maximum atomic E-state index is 3.64. The van der Waals surface area contributed by atoms with Gasteiger partial charge in [0.2, 0.25) is 0 Å². The van der Waals surface area contributed by atoms with Gasteiger partial charge in [0.1, 0.15) is 0 Å². The van der Waals surface area contributed by atoms with E-state index in [-0.39, 0.29) is 0 Å². The van der Waals surface area contributed by atoms with Crippen molar-refractivity contribution in [2.45, 2.75) is 51.5 Å². The van der Waals surface area contributed by atoms with Crippen LogP contribution in [0.3, 0.4) is 0 Å². The number of nitrogens with one attached hydrogen (secondary N) is 1. The molecule has 2 aliphatic heterocycles. The van der Waals surface area contributed by atoms with Crippen molar-refractivity contribution in [3.8, 4) is 0 Å². The molecule has 0 aliphatic carbocycles. The molecule has 2 heterocycles. The molecule has 2 saturated heterocycles. The molecule has 1 N–H and O–H groups in total. The number of hydrogen-bond donors (Lipinski definition) is 1. The topological polar surface area (TPSA) is 15.3 Å². The first-order valence-electron chi connectivity index (χ1n) is 6.80. The Balaban J connectivity index is 1.63. The zero-order valence-electron chi connectivity index (χ0n) is 10.2. The average molecular weight is 210 g/mol. The Hall–Kier alpha value is -0.0800. The third kappa shape index (κ3) is 3.76. The molecule has 0 radical (unpaired) electrons. The van der Waals surface area contributed by atoms with Gasteiger partial charge in [-0.3, -0.25) is 0 Å². The molecule has 0 aromatic carbocycles. The number of nitrogens with zero attached hydrogens (tertiary/aromatic N) is 1. The molecule has 0 unspecified atom stereocenters. The lowest BCUT2D eigenvalue weighted by Gasteiger charge is -2.32. The van der Waals surface area contributed by atoms with Gasteiger partial charge in [0.25, 0.3) is 0 Å². The lowest BCUT2D eigenvalue weighted by molar-refractivity contribution is 0.172. The van der Waals surface area contributed by atoms with Gasteiger partial charge in [-0.05, 0) is 57.7 Å². The fourth-order valence-electron chi connectivity index (χ4n) is 3.00. The Morgan fingerprint density at radius 3 is 2.87 bits per heavy atom. The largest absolute Gasteiger partial charge is 0.314 e. The average Bonchev–Trinajstić information content (AvgIpc) is 2.28. The van der Waals surface area contributed by atoms with E-state index in [0.29, 0.717) is 0 Å². The summed E-state index contributed by atoms with van der Waals surface area (Å²) in [6.45, 7) is 7.65. The van der Waals surface area contributed by atoms with Crippen LogP contribution in [-0.2, 0) is 0 Å². The minimum Gasteiger partial charge on any atom is -0.314 e. The van der Waals surface area contributed by atoms with Crippen LogP contribution in [-0.4, -0.2) is 37.1 Å². The van der Waals surface area contributed by atoms with Crippen LogP contribution in [0.25, 0.3) is 0 Å². The fourth-order valence-corrected chi connectivity index (χ4v) is 3.00. The Kier molecular flexibility index (Phi) is 4.45. The second kappa shape index (κ2) is 5.86. The van der Waals surface area contributed by atoms with Crippen molar-refractivity contribution in [2.75, 3.05) is 26.2 Å². The van der Waals surface area contributed by atoms with E-state index in [1.54, 1.807) is 0 Å². The van der Waals surface area contributed by atoms with Crippen LogP contribution in [0, 0.1) is 5.92 Å². The molecule has 2 rings (SSSR count). The van der Waals surface area contributed by atoms with Crippen molar-refractivity contribution >= 4 is 0 Å². The molecule has 2 fully saturated rings. The van der Waals surface area contributed by atoms with E-state index in [0.717, 1.165) is 12.0 Å². The summed E-state index contributed by atoms with van der Waals surface area (Å²) in [5, 5.41) is 3.64. The van der Waals surface area contributed by atoms with Crippen LogP contribution in [0.1, 0.15) is 45.4 Å². The minimum absolute atomic E-state index is 0.816. The molecule has 0 amide bonds. The monoisotopic (exact) mass is 210 g/mol. The molecular weight excluding hydrogens is 184 g/mol. The van der Waals surface area contributed by atoms with E-state index in [4.69, 9.17) is 0 Å². The minimum atomic E-state index is 0.816. The Bertz CT molecular complexity index is 175. The molecule has 88 valence electrons. The van der Waals surface area contributed by atoms with Gasteiger partial charge in [-0.2, -0.15) is 0 Å². The van der Waals surface area contributed by atoms with Crippen molar-refractivity contribution in [3.05, 3.63) is 0 Å². The van der Waals surface area contributed by atoms with Crippen LogP contribution in [0.2, 0.25) is 0 Å². The van der Waals surface area contributed by atoms with Gasteiger partial charge in [0, 0.05) is 12.6 Å². The maximum absolute atomic E-state index is 3.64. The maximum Gasteiger partial charge on any atom is 0.00792 e. The Morgan fingerprint density at radius 2 is 2.13 bits per heavy atom. The molecule has 2 aliphatic rings. The highest BCUT2D eigenvalue weighted by Gasteiger charge is 2.18. The summed E-state index contributed by atoms with van der Waals surface area (Å²) in [5.41, 5.74) is 0. The molecule has 0 aromatic rings. The first-order valence-corrected chi connectivity index (χ1v) is 6.80. The summed E-state index contributed by atoms with van der Waals surface area (Å²) >= 11 is 0. The first kappa shape index (κ1) is 11.4. The lowest BCUT2D eigenvalue weighted by Crippen LogP contribution is -2.40. The number of piperidine rings is 2. The molecule has 0 spiro atoms. The smallest absolute Gasteiger partial charge is 0.00792 e. The molecule has 2 nitrogen and oxygen atoms in total. The van der Waals surface area contributed by atoms with Gasteiger partial charge < -0.3 is 10.2 Å². The van der Waals surface area contributed by atoms with Crippen LogP contribution >= 0.6 is 0 Å². The SMILES string of the molecule is C[C@@H]1CCCN(CC[C@@H]2CCCCN2)C1. The highest BCUT2D eigenvalue weighted by molar-refractivity contribution is 4.76. The van der Waals surface area contributed by atoms with Crippen molar-refractivity contribution in [2.24, 2.45) is 5.92 Å². The Morgan fingerprint density at radius 1 is 1.20 bits per heavy atom. The zero-order valence-corrected chi connectivity index (χ0v) is 10.2. The van der Waals surface area contributed by atoms with Crippen LogP contribution in [0.15, 0.2) is 0 Å². The van der Waals surface area contributed by atoms with Crippen molar-refractivity contribution in [3.63, 3.8) is 0 Å². The van der Waals surface area contributed by atoms with Gasteiger partial charge in [0.15, 0.2) is 0 Å². The third-order valence-electron chi connectivity index (χ3n) is 3.95. The number of likely N-dealkylation sites (tertiary alicyclic amines) is 1. The zero-order chi connectivity index (χ0) is 10.5. The van der Waals surface area contributed by atoms with Gasteiger partial charge in [-0.15, -0.1) is 0 Å². The van der Waals surface area contributed by atoms with Crippen LogP contribution in [0.4, 0.5) is 0 Å². The predicted molar refractivity (Wildman–Crippen MR) is 65.1 cm³/mol. The summed E-state index contributed by atoms with van der Waals surface area (Å²) in [4.78, 5) is 2.67. The van der Waals surface area contributed by atoms with E-state index < -0.39 is 0 Å². The molecule has 2 atom stereocenters. The molecule has 15 heavy (non-hydrogen) atoms. The number of hydrogen-bond acceptors (Lipinski definition) is 2. The van der Waals surface area contributed by atoms with Crippen molar-refractivity contribution in [1.82, 2.24) is 10.2 Å². The summed E-state index contributed by atoms with van der Waals surface area (Å²) in [5.74, 6) is 0.929. The predicted octanol–water partition coefficient (Wildman–Crippen LogP) is 2.25. The molecular formula is C13H26N2. The van der Waals surface area contributed by atoms with Gasteiger partial charge in [-0.1, -0.05) is 13.3 Å². The van der Waals surface area contributed by atoms with Gasteiger partial charge in [0.05, 0.1) is 0 Å². The van der Waals surface area contributed by atoms with Gasteiger partial charge in [-0.25, -0.2) is 0 Å². The van der Waals surface area contributed by atoms with E-state index in [1.165, 1.54) is 64.7 Å². The highest BCUT2D eigenvalue weighted by atomic mass is 15.1. The highest BCUT2D eigenvalue weighted by Crippen LogP contribution is 2.17. The van der Waals surface area contributed by atoms with Crippen LogP contribution < -0.4 is 5.32 Å². The first-order chi connectivity index (χ1) is 7.34. The van der Waals surface area contributed by atoms with Crippen molar-refractivity contribution < 1.29 is 0 Å². The summed E-state index contributed by atoms with van der Waals surface area (Å²) in [7, 11) is 0. The summed E-state index contributed by atoms with van der Waals surface area (Å²) < 4.78 is 0. The van der Waals surface area contributed by atoms with E-state index in [9.17, 15) is 0 Å². The summed E-state index contributed by atoms with van der Waals surface area (Å²) in [6, 6.07) is 0.816. The van der Waals surface area contributed by atoms with E-state index in [1.807, 2.05) is 0 Å². The molecule has 0 saturated carbocycles. The molecule has 0 bridgehead atoms. The normalized spacial score (nSPS) is 34.2.